The van der Waals surface area contributed by atoms with Crippen LogP contribution in [0.2, 0.25) is 0 Å². The summed E-state index contributed by atoms with van der Waals surface area (Å²) in [6.07, 6.45) is 4.86. The summed E-state index contributed by atoms with van der Waals surface area (Å²) in [5.74, 6) is 1.06. The molecule has 0 spiro atoms. The van der Waals surface area contributed by atoms with Gasteiger partial charge in [-0.3, -0.25) is 0 Å². The summed E-state index contributed by atoms with van der Waals surface area (Å²) in [5.41, 5.74) is 5.96. The van der Waals surface area contributed by atoms with Gasteiger partial charge in [0.2, 0.25) is 0 Å². The molecule has 0 bridgehead atoms. The molecule has 1 aliphatic rings. The summed E-state index contributed by atoms with van der Waals surface area (Å²) in [6.45, 7) is 2.47. The number of halogens is 1. The maximum atomic E-state index is 13.5. The van der Waals surface area contributed by atoms with E-state index in [9.17, 15) is 4.39 Å². The number of nitrogens with two attached hydrogens (primary N) is 1. The first-order chi connectivity index (χ1) is 8.19. The van der Waals surface area contributed by atoms with Crippen molar-refractivity contribution >= 4 is 0 Å². The third-order valence-electron chi connectivity index (χ3n) is 3.44. The molecule has 3 heteroatoms. The highest BCUT2D eigenvalue weighted by atomic mass is 19.1. The minimum atomic E-state index is -0.270. The van der Waals surface area contributed by atoms with E-state index in [-0.39, 0.29) is 18.5 Å². The Hall–Kier alpha value is -1.09. The molecule has 0 aliphatic heterocycles. The van der Waals surface area contributed by atoms with Crippen LogP contribution in [0.25, 0.3) is 0 Å². The van der Waals surface area contributed by atoms with E-state index in [4.69, 9.17) is 10.5 Å². The predicted octanol–water partition coefficient (Wildman–Crippen LogP) is 3.24. The lowest BCUT2D eigenvalue weighted by molar-refractivity contribution is 0.129. The van der Waals surface area contributed by atoms with E-state index in [2.05, 4.69) is 6.92 Å². The Morgan fingerprint density at radius 2 is 2.24 bits per heavy atom. The minimum Gasteiger partial charge on any atom is -0.490 e. The van der Waals surface area contributed by atoms with Crippen molar-refractivity contribution in [1.82, 2.24) is 0 Å². The average molecular weight is 237 g/mol. The minimum absolute atomic E-state index is 0.229. The van der Waals surface area contributed by atoms with Gasteiger partial charge in [0.25, 0.3) is 0 Å². The van der Waals surface area contributed by atoms with Gasteiger partial charge in [-0.15, -0.1) is 0 Å². The fraction of sp³-hybridized carbons (Fsp3) is 0.571. The van der Waals surface area contributed by atoms with Gasteiger partial charge in [0, 0.05) is 18.2 Å². The molecule has 17 heavy (non-hydrogen) atoms. The molecule has 2 rings (SSSR count). The summed E-state index contributed by atoms with van der Waals surface area (Å²) in [7, 11) is 0. The molecule has 2 nitrogen and oxygen atoms in total. The summed E-state index contributed by atoms with van der Waals surface area (Å²) in [5, 5.41) is 0. The van der Waals surface area contributed by atoms with Crippen molar-refractivity contribution < 1.29 is 9.13 Å². The van der Waals surface area contributed by atoms with Gasteiger partial charge in [-0.05, 0) is 31.2 Å². The molecule has 2 unspecified atom stereocenters. The van der Waals surface area contributed by atoms with Gasteiger partial charge >= 0.3 is 0 Å². The van der Waals surface area contributed by atoms with E-state index in [1.807, 2.05) is 6.07 Å². The van der Waals surface area contributed by atoms with Gasteiger partial charge in [-0.2, -0.15) is 0 Å². The molecule has 2 atom stereocenters. The SMILES string of the molecule is CC1CCCC(Oc2ccc(CN)c(F)c2)C1. The Kier molecular flexibility index (Phi) is 4.00. The first-order valence-corrected chi connectivity index (χ1v) is 6.34. The van der Waals surface area contributed by atoms with Crippen LogP contribution in [0.3, 0.4) is 0 Å². The highest BCUT2D eigenvalue weighted by Gasteiger charge is 2.20. The number of hydrogen-bond donors (Lipinski definition) is 1. The maximum absolute atomic E-state index is 13.5. The summed E-state index contributed by atoms with van der Waals surface area (Å²) < 4.78 is 19.3. The number of hydrogen-bond acceptors (Lipinski definition) is 2. The van der Waals surface area contributed by atoms with Crippen molar-refractivity contribution in [2.75, 3.05) is 0 Å². The van der Waals surface area contributed by atoms with Crippen molar-refractivity contribution in [1.29, 1.82) is 0 Å². The molecule has 0 aromatic heterocycles. The largest absolute Gasteiger partial charge is 0.490 e. The van der Waals surface area contributed by atoms with E-state index in [0.29, 0.717) is 17.2 Å². The van der Waals surface area contributed by atoms with E-state index in [1.54, 1.807) is 6.07 Å². The van der Waals surface area contributed by atoms with Crippen molar-refractivity contribution in [3.05, 3.63) is 29.6 Å². The summed E-state index contributed by atoms with van der Waals surface area (Å²) >= 11 is 0. The standard InChI is InChI=1S/C14H20FNO/c1-10-3-2-4-12(7-10)17-13-6-5-11(9-16)14(15)8-13/h5-6,8,10,12H,2-4,7,9,16H2,1H3. The molecule has 94 valence electrons. The topological polar surface area (TPSA) is 35.2 Å². The Morgan fingerprint density at radius 1 is 1.41 bits per heavy atom. The first-order valence-electron chi connectivity index (χ1n) is 6.34. The third-order valence-corrected chi connectivity index (χ3v) is 3.44. The van der Waals surface area contributed by atoms with Crippen LogP contribution in [0.1, 0.15) is 38.2 Å². The fourth-order valence-electron chi connectivity index (χ4n) is 2.44. The molecular formula is C14H20FNO. The van der Waals surface area contributed by atoms with Gasteiger partial charge in [0.1, 0.15) is 11.6 Å². The normalized spacial score (nSPS) is 24.6. The van der Waals surface area contributed by atoms with Crippen LogP contribution in [-0.2, 0) is 6.54 Å². The Bertz CT molecular complexity index is 380. The monoisotopic (exact) mass is 237 g/mol. The molecule has 1 saturated carbocycles. The lowest BCUT2D eigenvalue weighted by Gasteiger charge is -2.27. The number of ether oxygens (including phenoxy) is 1. The van der Waals surface area contributed by atoms with Crippen LogP contribution >= 0.6 is 0 Å². The van der Waals surface area contributed by atoms with Crippen LogP contribution in [0, 0.1) is 11.7 Å². The van der Waals surface area contributed by atoms with Crippen molar-refractivity contribution in [2.45, 2.75) is 45.3 Å². The molecule has 0 saturated heterocycles. The van der Waals surface area contributed by atoms with Crippen LogP contribution in [0.4, 0.5) is 4.39 Å². The molecule has 0 radical (unpaired) electrons. The van der Waals surface area contributed by atoms with Gasteiger partial charge < -0.3 is 10.5 Å². The predicted molar refractivity (Wildman–Crippen MR) is 66.3 cm³/mol. The second-order valence-electron chi connectivity index (χ2n) is 4.97. The van der Waals surface area contributed by atoms with Gasteiger partial charge in [-0.1, -0.05) is 19.4 Å². The first kappa shape index (κ1) is 12.4. The molecule has 0 amide bonds. The molecule has 0 heterocycles. The Morgan fingerprint density at radius 3 is 2.88 bits per heavy atom. The van der Waals surface area contributed by atoms with Gasteiger partial charge in [0.05, 0.1) is 6.10 Å². The molecule has 1 aliphatic carbocycles. The van der Waals surface area contributed by atoms with Crippen LogP contribution < -0.4 is 10.5 Å². The average Bonchev–Trinajstić information content (AvgIpc) is 2.29. The lowest BCUT2D eigenvalue weighted by Crippen LogP contribution is -2.24. The molecular weight excluding hydrogens is 217 g/mol. The maximum Gasteiger partial charge on any atom is 0.131 e. The quantitative estimate of drug-likeness (QED) is 0.876. The summed E-state index contributed by atoms with van der Waals surface area (Å²) in [6, 6.07) is 4.96. The zero-order chi connectivity index (χ0) is 12.3. The van der Waals surface area contributed by atoms with Crippen LogP contribution in [0.5, 0.6) is 5.75 Å². The highest BCUT2D eigenvalue weighted by Crippen LogP contribution is 2.28. The van der Waals surface area contributed by atoms with Crippen LogP contribution in [0.15, 0.2) is 18.2 Å². The Balaban J connectivity index is 2.00. The number of benzene rings is 1. The van der Waals surface area contributed by atoms with Gasteiger partial charge in [-0.25, -0.2) is 4.39 Å². The van der Waals surface area contributed by atoms with E-state index < -0.39 is 0 Å². The molecule has 1 fully saturated rings. The van der Waals surface area contributed by atoms with Crippen molar-refractivity contribution in [3.8, 4) is 5.75 Å². The van der Waals surface area contributed by atoms with E-state index in [1.165, 1.54) is 18.9 Å². The smallest absolute Gasteiger partial charge is 0.131 e. The zero-order valence-corrected chi connectivity index (χ0v) is 10.3. The third kappa shape index (κ3) is 3.19. The Labute approximate surface area is 102 Å². The fourth-order valence-corrected chi connectivity index (χ4v) is 2.44. The van der Waals surface area contributed by atoms with Crippen molar-refractivity contribution in [3.63, 3.8) is 0 Å². The lowest BCUT2D eigenvalue weighted by atomic mass is 9.89. The summed E-state index contributed by atoms with van der Waals surface area (Å²) in [4.78, 5) is 0. The molecule has 1 aromatic rings. The molecule has 2 N–H and O–H groups in total. The zero-order valence-electron chi connectivity index (χ0n) is 10.3. The van der Waals surface area contributed by atoms with Gasteiger partial charge in [0.15, 0.2) is 0 Å². The highest BCUT2D eigenvalue weighted by molar-refractivity contribution is 5.29. The second-order valence-corrected chi connectivity index (χ2v) is 4.97. The number of rotatable bonds is 3. The van der Waals surface area contributed by atoms with E-state index in [0.717, 1.165) is 12.8 Å². The second kappa shape index (κ2) is 5.50. The molecule has 1 aromatic carbocycles. The van der Waals surface area contributed by atoms with Crippen molar-refractivity contribution in [2.24, 2.45) is 11.7 Å². The van der Waals surface area contributed by atoms with E-state index >= 15 is 0 Å². The van der Waals surface area contributed by atoms with Crippen LogP contribution in [-0.4, -0.2) is 6.10 Å².